The first kappa shape index (κ1) is 41.0. The van der Waals surface area contributed by atoms with Crippen molar-refractivity contribution in [2.45, 2.75) is 101 Å². The largest absolute Gasteiger partial charge is 0.460 e. The molecule has 8 atom stereocenters. The molecule has 302 valence electrons. The molecule has 1 aliphatic carbocycles. The van der Waals surface area contributed by atoms with Crippen LogP contribution in [0.5, 0.6) is 0 Å². The van der Waals surface area contributed by atoms with E-state index >= 15 is 4.79 Å². The van der Waals surface area contributed by atoms with Crippen LogP contribution < -0.4 is 5.32 Å². The van der Waals surface area contributed by atoms with Crippen LogP contribution in [0, 0.1) is 5.41 Å². The highest BCUT2D eigenvalue weighted by Crippen LogP contribution is 2.56. The Balaban J connectivity index is 1.30. The van der Waals surface area contributed by atoms with Gasteiger partial charge >= 0.3 is 11.9 Å². The zero-order chi connectivity index (χ0) is 40.4. The van der Waals surface area contributed by atoms with Gasteiger partial charge in [0, 0.05) is 46.5 Å². The van der Waals surface area contributed by atoms with Crippen LogP contribution in [0.25, 0.3) is 6.08 Å². The van der Waals surface area contributed by atoms with Crippen LogP contribution >= 0.6 is 0 Å². The molecule has 0 spiro atoms. The number of nitrogens with one attached hydrogen (secondary N) is 1. The lowest BCUT2D eigenvalue weighted by molar-refractivity contribution is -0.204. The van der Waals surface area contributed by atoms with Gasteiger partial charge in [-0.1, -0.05) is 54.6 Å². The summed E-state index contributed by atoms with van der Waals surface area (Å²) in [5.41, 5.74) is 0.0585. The molecule has 15 nitrogen and oxygen atoms in total. The van der Waals surface area contributed by atoms with Gasteiger partial charge < -0.3 is 39.2 Å². The monoisotopic (exact) mass is 776 g/mol. The zero-order valence-corrected chi connectivity index (χ0v) is 32.7. The van der Waals surface area contributed by atoms with Gasteiger partial charge in [-0.25, -0.2) is 0 Å². The van der Waals surface area contributed by atoms with E-state index in [1.54, 1.807) is 40.9 Å². The topological polar surface area (TPSA) is 173 Å². The molecular weight excluding hydrogens is 724 g/mol. The van der Waals surface area contributed by atoms with Crippen molar-refractivity contribution < 1.29 is 52.9 Å². The van der Waals surface area contributed by atoms with E-state index in [2.05, 4.69) is 5.32 Å². The Hall–Kier alpha value is -4.67. The number of benzene rings is 2. The molecule has 2 N–H and O–H groups in total. The molecule has 8 unspecified atom stereocenters. The molecule has 2 aromatic rings. The van der Waals surface area contributed by atoms with Gasteiger partial charge in [-0.3, -0.25) is 28.8 Å². The molecule has 2 aromatic carbocycles. The van der Waals surface area contributed by atoms with Crippen molar-refractivity contribution in [2.75, 3.05) is 34.5 Å². The van der Waals surface area contributed by atoms with Crippen molar-refractivity contribution in [2.24, 2.45) is 5.41 Å². The highest BCUT2D eigenvalue weighted by atomic mass is 16.8. The number of aliphatic hydroxyl groups is 1. The van der Waals surface area contributed by atoms with E-state index in [1.165, 1.54) is 28.0 Å². The number of amides is 3. The van der Waals surface area contributed by atoms with Crippen LogP contribution in [0.3, 0.4) is 0 Å². The molecule has 0 aromatic heterocycles. The van der Waals surface area contributed by atoms with Crippen molar-refractivity contribution in [1.82, 2.24) is 20.2 Å². The van der Waals surface area contributed by atoms with Crippen LogP contribution in [-0.2, 0) is 60.7 Å². The lowest BCUT2D eigenvalue weighted by Gasteiger charge is -2.50. The minimum Gasteiger partial charge on any atom is -0.460 e. The Morgan fingerprint density at radius 2 is 1.75 bits per heavy atom. The molecule has 2 bridgehead atoms. The lowest BCUT2D eigenvalue weighted by atomic mass is 9.62. The summed E-state index contributed by atoms with van der Waals surface area (Å²) in [4.78, 5) is 77.7. The van der Waals surface area contributed by atoms with Crippen LogP contribution in [0.15, 0.2) is 60.7 Å². The van der Waals surface area contributed by atoms with E-state index in [9.17, 15) is 24.3 Å². The fourth-order valence-electron chi connectivity index (χ4n) is 8.01. The molecule has 6 rings (SSSR count). The molecule has 3 aliphatic heterocycles. The number of carbonyl (C=O) groups is 5. The Kier molecular flexibility index (Phi) is 12.3. The molecule has 4 fully saturated rings. The van der Waals surface area contributed by atoms with Gasteiger partial charge in [0.15, 0.2) is 6.04 Å². The van der Waals surface area contributed by atoms with Gasteiger partial charge in [-0.2, -0.15) is 5.06 Å². The van der Waals surface area contributed by atoms with Crippen molar-refractivity contribution >= 4 is 35.7 Å². The number of carbonyl (C=O) groups excluding carboxylic acids is 5. The van der Waals surface area contributed by atoms with Gasteiger partial charge in [0.1, 0.15) is 48.3 Å². The normalized spacial score (nSPS) is 26.6. The third-order valence-electron chi connectivity index (χ3n) is 10.7. The van der Waals surface area contributed by atoms with Crippen molar-refractivity contribution in [3.8, 4) is 0 Å². The number of nitrogens with zero attached hydrogens (tertiary/aromatic N) is 3. The van der Waals surface area contributed by atoms with Crippen molar-refractivity contribution in [1.29, 1.82) is 0 Å². The van der Waals surface area contributed by atoms with Crippen LogP contribution in [0.2, 0.25) is 0 Å². The predicted molar refractivity (Wildman–Crippen MR) is 201 cm³/mol. The number of rotatable bonds is 14. The SMILES string of the molecule is CN(C)C(=O)C=Cc1cccc(CN2OC3C4OCOC4C4CC3(C(=O)N(C)C(Cc3ccccc3)C(=O)NC(CO)CCC(=O)OC(C)(C)C)C2C(=O)O4)c1. The number of esters is 2. The Morgan fingerprint density at radius 3 is 2.45 bits per heavy atom. The summed E-state index contributed by atoms with van der Waals surface area (Å²) < 4.78 is 23.2. The van der Waals surface area contributed by atoms with E-state index in [0.29, 0.717) is 0 Å². The summed E-state index contributed by atoms with van der Waals surface area (Å²) in [6, 6.07) is 13.5. The lowest BCUT2D eigenvalue weighted by Crippen LogP contribution is -2.70. The number of likely N-dealkylation sites (N-methyl/N-ethyl adjacent to an activating group) is 2. The third-order valence-corrected chi connectivity index (χ3v) is 10.7. The van der Waals surface area contributed by atoms with Gasteiger partial charge in [0.25, 0.3) is 0 Å². The summed E-state index contributed by atoms with van der Waals surface area (Å²) in [7, 11) is 4.85. The molecule has 1 saturated carbocycles. The van der Waals surface area contributed by atoms with Gasteiger partial charge in [-0.15, -0.1) is 0 Å². The average molecular weight is 777 g/mol. The van der Waals surface area contributed by atoms with Gasteiger partial charge in [0.05, 0.1) is 19.2 Å². The Morgan fingerprint density at radius 1 is 1.04 bits per heavy atom. The molecule has 15 heteroatoms. The van der Waals surface area contributed by atoms with Gasteiger partial charge in [-0.05, 0) is 50.0 Å². The minimum absolute atomic E-state index is 0.0396. The average Bonchev–Trinajstić information content (AvgIpc) is 3.78. The van der Waals surface area contributed by atoms with E-state index < -0.39 is 83.9 Å². The summed E-state index contributed by atoms with van der Waals surface area (Å²) in [6.07, 6.45) is 0.269. The second kappa shape index (κ2) is 16.8. The first-order valence-electron chi connectivity index (χ1n) is 18.9. The first-order valence-corrected chi connectivity index (χ1v) is 18.9. The fourth-order valence-corrected chi connectivity index (χ4v) is 8.01. The minimum atomic E-state index is -1.53. The fraction of sp³-hybridized carbons (Fsp3) is 0.537. The number of hydrogen-bond donors (Lipinski definition) is 2. The van der Waals surface area contributed by atoms with Crippen LogP contribution in [0.1, 0.15) is 56.7 Å². The highest BCUT2D eigenvalue weighted by molar-refractivity contribution is 5.96. The predicted octanol–water partition coefficient (Wildman–Crippen LogP) is 2.00. The summed E-state index contributed by atoms with van der Waals surface area (Å²) in [5.74, 6) is -2.34. The number of hydroxylamine groups is 2. The van der Waals surface area contributed by atoms with Crippen molar-refractivity contribution in [3.63, 3.8) is 0 Å². The second-order valence-electron chi connectivity index (χ2n) is 16.0. The molecular formula is C41H52N4O11. The van der Waals surface area contributed by atoms with E-state index in [4.69, 9.17) is 23.8 Å². The smallest absolute Gasteiger partial charge is 0.327 e. The summed E-state index contributed by atoms with van der Waals surface area (Å²) >= 11 is 0. The van der Waals surface area contributed by atoms with E-state index in [1.807, 2.05) is 54.6 Å². The maximum atomic E-state index is 15.3. The molecule has 3 heterocycles. The number of hydrogen-bond acceptors (Lipinski definition) is 12. The number of aliphatic hydroxyl groups excluding tert-OH is 1. The maximum Gasteiger partial charge on any atom is 0.327 e. The van der Waals surface area contributed by atoms with E-state index in [0.717, 1.165) is 16.7 Å². The van der Waals surface area contributed by atoms with Crippen molar-refractivity contribution in [3.05, 3.63) is 77.4 Å². The molecule has 4 aliphatic rings. The Bertz CT molecular complexity index is 1810. The quantitative estimate of drug-likeness (QED) is 0.212. The number of ether oxygens (including phenoxy) is 4. The van der Waals surface area contributed by atoms with Crippen LogP contribution in [0.4, 0.5) is 0 Å². The first-order chi connectivity index (χ1) is 26.6. The molecule has 3 saturated heterocycles. The highest BCUT2D eigenvalue weighted by Gasteiger charge is 2.75. The second-order valence-corrected chi connectivity index (χ2v) is 16.0. The zero-order valence-electron chi connectivity index (χ0n) is 32.7. The molecule has 0 radical (unpaired) electrons. The molecule has 56 heavy (non-hydrogen) atoms. The number of fused-ring (bicyclic) bond motifs is 4. The third kappa shape index (κ3) is 8.66. The molecule has 3 amide bonds. The van der Waals surface area contributed by atoms with Crippen LogP contribution in [-0.4, -0.2) is 132 Å². The standard InChI is InChI=1S/C41H52N4O11/c1-40(2,3)55-32(48)18-16-28(23-46)42-37(49)29(20-25-11-8-7-9-12-25)44(6)39(51)41-21-30-33-34(53-24-52-33)36(41)56-45(35(41)38(50)54-30)22-27-14-10-13-26(19-27)15-17-31(47)43(4)5/h7-15,17,19,28-30,33-36,46H,16,18,20-24H2,1-6H3,(H,42,49). The van der Waals surface area contributed by atoms with E-state index in [-0.39, 0.29) is 44.9 Å². The summed E-state index contributed by atoms with van der Waals surface area (Å²) in [6.45, 7) is 4.84. The van der Waals surface area contributed by atoms with Gasteiger partial charge in [0.2, 0.25) is 17.7 Å². The summed E-state index contributed by atoms with van der Waals surface area (Å²) in [5, 5.41) is 14.6. The Labute approximate surface area is 326 Å². The maximum absolute atomic E-state index is 15.3.